The molecule has 0 atom stereocenters. The lowest BCUT2D eigenvalue weighted by Crippen LogP contribution is -2.41. The maximum atomic E-state index is 11.8. The predicted octanol–water partition coefficient (Wildman–Crippen LogP) is 4.26. The van der Waals surface area contributed by atoms with Crippen LogP contribution in [-0.4, -0.2) is 48.9 Å². The van der Waals surface area contributed by atoms with Gasteiger partial charge in [0.2, 0.25) is 5.91 Å². The first-order chi connectivity index (χ1) is 13.5. The van der Waals surface area contributed by atoms with E-state index in [0.717, 1.165) is 50.4 Å². The second kappa shape index (κ2) is 11.8. The van der Waals surface area contributed by atoms with E-state index in [0.29, 0.717) is 6.42 Å². The Labute approximate surface area is 193 Å². The van der Waals surface area contributed by atoms with Crippen LogP contribution in [0.3, 0.4) is 0 Å². The van der Waals surface area contributed by atoms with Gasteiger partial charge in [0.1, 0.15) is 0 Å². The molecule has 162 valence electrons. The van der Waals surface area contributed by atoms with Crippen LogP contribution in [0.4, 0.5) is 0 Å². The van der Waals surface area contributed by atoms with Gasteiger partial charge >= 0.3 is 0 Å². The molecule has 0 aromatic heterocycles. The van der Waals surface area contributed by atoms with Crippen LogP contribution in [-0.2, 0) is 17.9 Å². The van der Waals surface area contributed by atoms with Crippen LogP contribution < -0.4 is 5.32 Å². The van der Waals surface area contributed by atoms with Crippen molar-refractivity contribution in [2.75, 3.05) is 27.2 Å². The van der Waals surface area contributed by atoms with E-state index in [9.17, 15) is 4.79 Å². The lowest BCUT2D eigenvalue weighted by atomic mass is 9.83. The number of hydrogen-bond acceptors (Lipinski definition) is 2. The minimum absolute atomic E-state index is 0. The minimum atomic E-state index is 0. The number of hydrogen-bond donors (Lipinski definition) is 1. The van der Waals surface area contributed by atoms with Gasteiger partial charge in [-0.2, -0.15) is 0 Å². The summed E-state index contributed by atoms with van der Waals surface area (Å²) in [7, 11) is 4.00. The Morgan fingerprint density at radius 2 is 1.83 bits per heavy atom. The van der Waals surface area contributed by atoms with Gasteiger partial charge in [-0.25, -0.2) is 0 Å². The van der Waals surface area contributed by atoms with E-state index in [1.54, 1.807) is 0 Å². The van der Waals surface area contributed by atoms with Crippen molar-refractivity contribution in [3.8, 4) is 0 Å². The molecule has 1 saturated carbocycles. The summed E-state index contributed by atoms with van der Waals surface area (Å²) < 4.78 is 0. The van der Waals surface area contributed by atoms with E-state index in [1.807, 2.05) is 11.9 Å². The number of guanidine groups is 1. The number of halogens is 1. The van der Waals surface area contributed by atoms with Crippen molar-refractivity contribution in [2.45, 2.75) is 58.5 Å². The number of carbonyl (C=O) groups excluding carboxylic acids is 1. The molecule has 1 saturated heterocycles. The zero-order valence-corrected chi connectivity index (χ0v) is 20.5. The number of nitrogens with zero attached hydrogens (tertiary/aromatic N) is 3. The topological polar surface area (TPSA) is 47.9 Å². The van der Waals surface area contributed by atoms with Gasteiger partial charge in [0, 0.05) is 46.7 Å². The second-order valence-corrected chi connectivity index (χ2v) is 8.64. The van der Waals surface area contributed by atoms with Gasteiger partial charge in [0.15, 0.2) is 5.96 Å². The van der Waals surface area contributed by atoms with E-state index in [1.165, 1.54) is 36.8 Å². The number of benzene rings is 1. The van der Waals surface area contributed by atoms with Crippen molar-refractivity contribution in [3.05, 3.63) is 35.4 Å². The van der Waals surface area contributed by atoms with Gasteiger partial charge in [0.05, 0.1) is 0 Å². The number of likely N-dealkylation sites (tertiary alicyclic amines) is 1. The summed E-state index contributed by atoms with van der Waals surface area (Å²) in [5, 5.41) is 3.49. The van der Waals surface area contributed by atoms with Crippen LogP contribution in [0, 0.1) is 11.8 Å². The fourth-order valence-corrected chi connectivity index (χ4v) is 4.41. The molecule has 6 heteroatoms. The fourth-order valence-electron chi connectivity index (χ4n) is 4.41. The Morgan fingerprint density at radius 3 is 2.41 bits per heavy atom. The molecular formula is C23H37IN4O. The maximum Gasteiger partial charge on any atom is 0.222 e. The molecule has 1 heterocycles. The van der Waals surface area contributed by atoms with E-state index >= 15 is 0 Å². The van der Waals surface area contributed by atoms with Crippen LogP contribution in [0.1, 0.15) is 56.6 Å². The Kier molecular flexibility index (Phi) is 9.72. The van der Waals surface area contributed by atoms with E-state index < -0.39 is 0 Å². The standard InChI is InChI=1S/C23H36N4O.HI/c1-18-6-8-20(9-7-18)16-26(3)23(24-2)25-15-19-10-12-21(13-11-19)17-27-14-4-5-22(27)28;/h10-13,18,20H,4-9,14-17H2,1-3H3,(H,24,25);1H. The molecular weight excluding hydrogens is 475 g/mol. The summed E-state index contributed by atoms with van der Waals surface area (Å²) in [6.07, 6.45) is 7.09. The largest absolute Gasteiger partial charge is 0.352 e. The summed E-state index contributed by atoms with van der Waals surface area (Å²) in [5.74, 6) is 2.92. The smallest absolute Gasteiger partial charge is 0.222 e. The molecule has 1 aliphatic carbocycles. The van der Waals surface area contributed by atoms with Gasteiger partial charge < -0.3 is 15.1 Å². The van der Waals surface area contributed by atoms with Crippen LogP contribution in [0.5, 0.6) is 0 Å². The molecule has 5 nitrogen and oxygen atoms in total. The summed E-state index contributed by atoms with van der Waals surface area (Å²) in [4.78, 5) is 20.5. The molecule has 1 N–H and O–H groups in total. The van der Waals surface area contributed by atoms with Crippen molar-refractivity contribution in [1.82, 2.24) is 15.1 Å². The first-order valence-corrected chi connectivity index (χ1v) is 10.8. The number of rotatable bonds is 6. The fraction of sp³-hybridized carbons (Fsp3) is 0.652. The molecule has 0 bridgehead atoms. The third kappa shape index (κ3) is 7.15. The number of nitrogens with one attached hydrogen (secondary N) is 1. The first-order valence-electron chi connectivity index (χ1n) is 10.8. The summed E-state index contributed by atoms with van der Waals surface area (Å²) >= 11 is 0. The van der Waals surface area contributed by atoms with Crippen molar-refractivity contribution in [1.29, 1.82) is 0 Å². The quantitative estimate of drug-likeness (QED) is 0.352. The predicted molar refractivity (Wildman–Crippen MR) is 130 cm³/mol. The Hall–Kier alpha value is -1.31. The number of aliphatic imine (C=N–C) groups is 1. The van der Waals surface area contributed by atoms with Crippen LogP contribution >= 0.6 is 24.0 Å². The molecule has 1 aromatic carbocycles. The summed E-state index contributed by atoms with van der Waals surface area (Å²) in [5.41, 5.74) is 2.43. The van der Waals surface area contributed by atoms with E-state index in [2.05, 4.69) is 53.4 Å². The highest BCUT2D eigenvalue weighted by molar-refractivity contribution is 14.0. The maximum absolute atomic E-state index is 11.8. The van der Waals surface area contributed by atoms with Gasteiger partial charge in [-0.3, -0.25) is 9.79 Å². The van der Waals surface area contributed by atoms with E-state index in [4.69, 9.17) is 0 Å². The number of amides is 1. The van der Waals surface area contributed by atoms with Gasteiger partial charge in [-0.1, -0.05) is 44.0 Å². The zero-order valence-electron chi connectivity index (χ0n) is 18.2. The molecule has 0 spiro atoms. The lowest BCUT2D eigenvalue weighted by Gasteiger charge is -2.31. The molecule has 29 heavy (non-hydrogen) atoms. The first kappa shape index (κ1) is 24.0. The Balaban J connectivity index is 0.00000300. The van der Waals surface area contributed by atoms with Gasteiger partial charge in [-0.15, -0.1) is 24.0 Å². The third-order valence-corrected chi connectivity index (χ3v) is 6.26. The average Bonchev–Trinajstić information content (AvgIpc) is 3.10. The normalized spacial score (nSPS) is 22.4. The van der Waals surface area contributed by atoms with Crippen molar-refractivity contribution in [2.24, 2.45) is 16.8 Å². The van der Waals surface area contributed by atoms with Crippen LogP contribution in [0.15, 0.2) is 29.3 Å². The highest BCUT2D eigenvalue weighted by Gasteiger charge is 2.21. The number of carbonyl (C=O) groups is 1. The highest BCUT2D eigenvalue weighted by Crippen LogP contribution is 2.28. The molecule has 2 aliphatic rings. The lowest BCUT2D eigenvalue weighted by molar-refractivity contribution is -0.128. The van der Waals surface area contributed by atoms with Crippen molar-refractivity contribution < 1.29 is 4.79 Å². The highest BCUT2D eigenvalue weighted by atomic mass is 127. The average molecular weight is 512 g/mol. The molecule has 1 aliphatic heterocycles. The SMILES string of the molecule is CN=C(NCc1ccc(CN2CCCC2=O)cc1)N(C)CC1CCC(C)CC1.I. The Bertz CT molecular complexity index is 668. The summed E-state index contributed by atoms with van der Waals surface area (Å²) in [6.45, 7) is 5.84. The third-order valence-electron chi connectivity index (χ3n) is 6.26. The van der Waals surface area contributed by atoms with Crippen LogP contribution in [0.2, 0.25) is 0 Å². The summed E-state index contributed by atoms with van der Waals surface area (Å²) in [6, 6.07) is 8.58. The zero-order chi connectivity index (χ0) is 19.9. The monoisotopic (exact) mass is 512 g/mol. The molecule has 2 fully saturated rings. The molecule has 3 rings (SSSR count). The van der Waals surface area contributed by atoms with Gasteiger partial charge in [0.25, 0.3) is 0 Å². The molecule has 0 radical (unpaired) electrons. The van der Waals surface area contributed by atoms with Gasteiger partial charge in [-0.05, 0) is 42.2 Å². The second-order valence-electron chi connectivity index (χ2n) is 8.64. The minimum Gasteiger partial charge on any atom is -0.352 e. The Morgan fingerprint density at radius 1 is 1.17 bits per heavy atom. The molecule has 1 aromatic rings. The molecule has 1 amide bonds. The van der Waals surface area contributed by atoms with E-state index in [-0.39, 0.29) is 29.9 Å². The van der Waals surface area contributed by atoms with Crippen LogP contribution in [0.25, 0.3) is 0 Å². The van der Waals surface area contributed by atoms with Crippen molar-refractivity contribution in [3.63, 3.8) is 0 Å². The molecule has 0 unspecified atom stereocenters. The van der Waals surface area contributed by atoms with Crippen molar-refractivity contribution >= 4 is 35.8 Å².